The van der Waals surface area contributed by atoms with Crippen molar-refractivity contribution in [3.8, 4) is 0 Å². The number of hydrogen-bond acceptors (Lipinski definition) is 2. The molecule has 1 aromatic rings. The summed E-state index contributed by atoms with van der Waals surface area (Å²) in [6, 6.07) is 9.06. The predicted octanol–water partition coefficient (Wildman–Crippen LogP) is 4.49. The van der Waals surface area contributed by atoms with E-state index in [1.807, 2.05) is 0 Å². The fraction of sp³-hybridized carbons (Fsp3) is 0.667. The molecule has 0 spiro atoms. The Kier molecular flexibility index (Phi) is 7.86. The first-order valence-corrected chi connectivity index (χ1v) is 7.94. The summed E-state index contributed by atoms with van der Waals surface area (Å²) in [6.45, 7) is 12.8. The molecule has 1 rings (SSSR count). The van der Waals surface area contributed by atoms with Crippen LogP contribution in [0.5, 0.6) is 0 Å². The zero-order valence-corrected chi connectivity index (χ0v) is 13.8. The van der Waals surface area contributed by atoms with Crippen LogP contribution in [0.3, 0.4) is 0 Å². The van der Waals surface area contributed by atoms with Crippen LogP contribution in [0.25, 0.3) is 0 Å². The monoisotopic (exact) mass is 277 g/mol. The SMILES string of the molecule is CCCNC(COC(C)CC(C)C)c1ccc(C)cc1. The fourth-order valence-corrected chi connectivity index (χ4v) is 2.38. The maximum atomic E-state index is 6.03. The average molecular weight is 277 g/mol. The van der Waals surface area contributed by atoms with E-state index >= 15 is 0 Å². The molecule has 0 bridgehead atoms. The van der Waals surface area contributed by atoms with Crippen molar-refractivity contribution in [2.24, 2.45) is 5.92 Å². The minimum atomic E-state index is 0.296. The highest BCUT2D eigenvalue weighted by molar-refractivity contribution is 5.24. The largest absolute Gasteiger partial charge is 0.377 e. The molecular formula is C18H31NO. The second-order valence-corrected chi connectivity index (χ2v) is 6.19. The Morgan fingerprint density at radius 2 is 1.75 bits per heavy atom. The van der Waals surface area contributed by atoms with Gasteiger partial charge in [0.05, 0.1) is 18.8 Å². The summed E-state index contributed by atoms with van der Waals surface area (Å²) in [4.78, 5) is 0. The zero-order chi connectivity index (χ0) is 15.0. The van der Waals surface area contributed by atoms with E-state index in [-0.39, 0.29) is 0 Å². The van der Waals surface area contributed by atoms with Gasteiger partial charge in [-0.25, -0.2) is 0 Å². The summed E-state index contributed by atoms with van der Waals surface area (Å²) < 4.78 is 6.03. The molecule has 0 aromatic heterocycles. The highest BCUT2D eigenvalue weighted by Gasteiger charge is 2.13. The number of benzene rings is 1. The molecule has 1 N–H and O–H groups in total. The summed E-state index contributed by atoms with van der Waals surface area (Å²) in [5.41, 5.74) is 2.62. The Morgan fingerprint density at radius 3 is 2.30 bits per heavy atom. The third kappa shape index (κ3) is 6.53. The summed E-state index contributed by atoms with van der Waals surface area (Å²) in [6.07, 6.45) is 2.59. The number of nitrogens with one attached hydrogen (secondary N) is 1. The number of aryl methyl sites for hydroxylation is 1. The van der Waals surface area contributed by atoms with Crippen molar-refractivity contribution >= 4 is 0 Å². The smallest absolute Gasteiger partial charge is 0.0665 e. The molecule has 0 aliphatic carbocycles. The molecule has 0 amide bonds. The quantitative estimate of drug-likeness (QED) is 0.718. The molecule has 0 heterocycles. The molecular weight excluding hydrogens is 246 g/mol. The van der Waals surface area contributed by atoms with Crippen LogP contribution in [0.15, 0.2) is 24.3 Å². The average Bonchev–Trinajstić information content (AvgIpc) is 2.39. The van der Waals surface area contributed by atoms with Crippen molar-refractivity contribution in [1.82, 2.24) is 5.32 Å². The molecule has 0 aliphatic heterocycles. The highest BCUT2D eigenvalue weighted by Crippen LogP contribution is 2.17. The standard InChI is InChI=1S/C18H31NO/c1-6-11-19-18(13-20-16(5)12-14(2)3)17-9-7-15(4)8-10-17/h7-10,14,16,18-19H,6,11-13H2,1-5H3. The second kappa shape index (κ2) is 9.15. The van der Waals surface area contributed by atoms with E-state index in [2.05, 4.69) is 64.2 Å². The Balaban J connectivity index is 2.57. The zero-order valence-electron chi connectivity index (χ0n) is 13.8. The van der Waals surface area contributed by atoms with Crippen molar-refractivity contribution in [1.29, 1.82) is 0 Å². The summed E-state index contributed by atoms with van der Waals surface area (Å²) >= 11 is 0. The highest BCUT2D eigenvalue weighted by atomic mass is 16.5. The van der Waals surface area contributed by atoms with Crippen molar-refractivity contribution < 1.29 is 4.74 Å². The molecule has 1 aromatic carbocycles. The van der Waals surface area contributed by atoms with E-state index in [0.29, 0.717) is 18.1 Å². The van der Waals surface area contributed by atoms with Crippen LogP contribution < -0.4 is 5.32 Å². The van der Waals surface area contributed by atoms with E-state index < -0.39 is 0 Å². The molecule has 0 aliphatic rings. The molecule has 20 heavy (non-hydrogen) atoms. The molecule has 114 valence electrons. The van der Waals surface area contributed by atoms with Gasteiger partial charge in [-0.3, -0.25) is 0 Å². The predicted molar refractivity (Wildman–Crippen MR) is 87.1 cm³/mol. The molecule has 2 heteroatoms. The Bertz CT molecular complexity index is 358. The third-order valence-corrected chi connectivity index (χ3v) is 3.47. The molecule has 0 saturated heterocycles. The normalized spacial score (nSPS) is 14.5. The second-order valence-electron chi connectivity index (χ2n) is 6.19. The van der Waals surface area contributed by atoms with E-state index in [0.717, 1.165) is 26.0 Å². The van der Waals surface area contributed by atoms with Crippen LogP contribution in [0.4, 0.5) is 0 Å². The van der Waals surface area contributed by atoms with E-state index in [1.165, 1.54) is 11.1 Å². The van der Waals surface area contributed by atoms with Crippen molar-refractivity contribution in [3.63, 3.8) is 0 Å². The molecule has 0 fully saturated rings. The Labute approximate surface area is 124 Å². The Hall–Kier alpha value is -0.860. The first kappa shape index (κ1) is 17.2. The molecule has 0 radical (unpaired) electrons. The van der Waals surface area contributed by atoms with Gasteiger partial charge in [-0.2, -0.15) is 0 Å². The summed E-state index contributed by atoms with van der Waals surface area (Å²) in [5.74, 6) is 0.687. The van der Waals surface area contributed by atoms with Crippen molar-refractivity contribution in [3.05, 3.63) is 35.4 Å². The van der Waals surface area contributed by atoms with Crippen LogP contribution in [-0.4, -0.2) is 19.3 Å². The maximum absolute atomic E-state index is 6.03. The topological polar surface area (TPSA) is 21.3 Å². The minimum Gasteiger partial charge on any atom is -0.377 e. The molecule has 2 nitrogen and oxygen atoms in total. The van der Waals surface area contributed by atoms with Gasteiger partial charge in [0.1, 0.15) is 0 Å². The van der Waals surface area contributed by atoms with Gasteiger partial charge in [-0.05, 0) is 44.7 Å². The van der Waals surface area contributed by atoms with Gasteiger partial charge in [0.2, 0.25) is 0 Å². The number of rotatable bonds is 9. The number of hydrogen-bond donors (Lipinski definition) is 1. The van der Waals surface area contributed by atoms with Crippen LogP contribution in [0.1, 0.15) is 57.7 Å². The Morgan fingerprint density at radius 1 is 1.10 bits per heavy atom. The van der Waals surface area contributed by atoms with Gasteiger partial charge in [-0.15, -0.1) is 0 Å². The van der Waals surface area contributed by atoms with Crippen LogP contribution in [0, 0.1) is 12.8 Å². The minimum absolute atomic E-state index is 0.296. The van der Waals surface area contributed by atoms with Crippen LogP contribution >= 0.6 is 0 Å². The van der Waals surface area contributed by atoms with Crippen molar-refractivity contribution in [2.75, 3.05) is 13.2 Å². The first-order valence-electron chi connectivity index (χ1n) is 7.94. The van der Waals surface area contributed by atoms with Gasteiger partial charge in [-0.1, -0.05) is 50.6 Å². The molecule has 0 saturated carbocycles. The lowest BCUT2D eigenvalue weighted by molar-refractivity contribution is 0.0371. The van der Waals surface area contributed by atoms with Gasteiger partial charge < -0.3 is 10.1 Å². The molecule has 2 unspecified atom stereocenters. The summed E-state index contributed by atoms with van der Waals surface area (Å²) in [7, 11) is 0. The molecule has 2 atom stereocenters. The van der Waals surface area contributed by atoms with Gasteiger partial charge in [0.15, 0.2) is 0 Å². The maximum Gasteiger partial charge on any atom is 0.0665 e. The van der Waals surface area contributed by atoms with E-state index in [4.69, 9.17) is 4.74 Å². The van der Waals surface area contributed by atoms with Gasteiger partial charge in [0, 0.05) is 0 Å². The van der Waals surface area contributed by atoms with E-state index in [1.54, 1.807) is 0 Å². The fourth-order valence-electron chi connectivity index (χ4n) is 2.38. The lowest BCUT2D eigenvalue weighted by Gasteiger charge is -2.22. The van der Waals surface area contributed by atoms with Crippen molar-refractivity contribution in [2.45, 2.75) is 59.6 Å². The van der Waals surface area contributed by atoms with E-state index in [9.17, 15) is 0 Å². The number of ether oxygens (including phenoxy) is 1. The summed E-state index contributed by atoms with van der Waals surface area (Å²) in [5, 5.41) is 3.59. The lowest BCUT2D eigenvalue weighted by atomic mass is 10.0. The van der Waals surface area contributed by atoms with Crippen LogP contribution in [0.2, 0.25) is 0 Å². The first-order chi connectivity index (χ1) is 9.52. The lowest BCUT2D eigenvalue weighted by Crippen LogP contribution is -2.28. The van der Waals surface area contributed by atoms with Crippen LogP contribution in [-0.2, 0) is 4.74 Å². The van der Waals surface area contributed by atoms with Gasteiger partial charge >= 0.3 is 0 Å². The van der Waals surface area contributed by atoms with Gasteiger partial charge in [0.25, 0.3) is 0 Å². The third-order valence-electron chi connectivity index (χ3n) is 3.47.